The summed E-state index contributed by atoms with van der Waals surface area (Å²) in [6, 6.07) is 71.6. The molecule has 0 amide bonds. The molecule has 3 heteroatoms. The molecule has 14 rings (SSSR count). The minimum absolute atomic E-state index is 0.600. The van der Waals surface area contributed by atoms with Crippen molar-refractivity contribution in [2.75, 3.05) is 0 Å². The number of hydrogen-bond acceptors (Lipinski definition) is 1. The Morgan fingerprint density at radius 2 is 0.966 bits per heavy atom. The Kier molecular flexibility index (Phi) is 5.70. The second-order valence-electron chi connectivity index (χ2n) is 15.9. The van der Waals surface area contributed by atoms with E-state index in [1.54, 1.807) is 0 Å². The molecule has 1 unspecified atom stereocenters. The zero-order valence-corrected chi connectivity index (χ0v) is 31.3. The molecule has 2 aliphatic carbocycles. The Labute approximate surface area is 333 Å². The quantitative estimate of drug-likeness (QED) is 0.173. The number of nitrogens with zero attached hydrogens (tertiary/aromatic N) is 2. The monoisotopic (exact) mass is 736 g/mol. The molecule has 58 heavy (non-hydrogen) atoms. The topological polar surface area (TPSA) is 23.0 Å². The molecular weight excluding hydrogens is 705 g/mol. The first kappa shape index (κ1) is 30.6. The number of rotatable bonds is 2. The van der Waals surface area contributed by atoms with Crippen molar-refractivity contribution >= 4 is 65.6 Å². The van der Waals surface area contributed by atoms with Gasteiger partial charge in [0.05, 0.1) is 32.9 Å². The fourth-order valence-electron chi connectivity index (χ4n) is 11.2. The molecule has 3 heterocycles. The van der Waals surface area contributed by atoms with Crippen molar-refractivity contribution in [1.29, 1.82) is 0 Å². The molecule has 0 N–H and O–H groups in total. The Hall–Kier alpha value is -7.62. The third-order valence-corrected chi connectivity index (χ3v) is 13.3. The number of benzene rings is 9. The molecule has 268 valence electrons. The summed E-state index contributed by atoms with van der Waals surface area (Å²) < 4.78 is 11.9. The van der Waals surface area contributed by atoms with Crippen LogP contribution >= 0.6 is 0 Å². The van der Waals surface area contributed by atoms with E-state index in [1.165, 1.54) is 77.2 Å². The summed E-state index contributed by atoms with van der Waals surface area (Å²) in [7, 11) is 0. The van der Waals surface area contributed by atoms with Crippen LogP contribution in [0.5, 0.6) is 0 Å². The standard InChI is InChI=1S/C55H32N2O/c1-3-15-33(16-4-1)56-46-25-13-9-20-36(46)39-29-31-45-49(52(39)56)41-22-8-12-24-44(41)55(45)43-23-11-7-19-35(43)38-27-28-42-50-47(57(53(42)51(38)55)34-17-5-2-6-18-34)32-30-40-37-21-10-14-26-48(37)58-54(40)50/h1-32H. The Morgan fingerprint density at radius 3 is 1.76 bits per heavy atom. The first-order valence-corrected chi connectivity index (χ1v) is 20.1. The molecular formula is C55H32N2O. The van der Waals surface area contributed by atoms with Gasteiger partial charge in [0.1, 0.15) is 11.2 Å². The van der Waals surface area contributed by atoms with Crippen molar-refractivity contribution in [3.63, 3.8) is 0 Å². The van der Waals surface area contributed by atoms with Crippen LogP contribution in [0.1, 0.15) is 22.3 Å². The van der Waals surface area contributed by atoms with Crippen LogP contribution < -0.4 is 0 Å². The van der Waals surface area contributed by atoms with Crippen LogP contribution in [-0.2, 0) is 5.41 Å². The summed E-state index contributed by atoms with van der Waals surface area (Å²) in [6.07, 6.45) is 0. The van der Waals surface area contributed by atoms with Crippen LogP contribution in [0.15, 0.2) is 199 Å². The first-order valence-electron chi connectivity index (χ1n) is 20.1. The van der Waals surface area contributed by atoms with Crippen LogP contribution in [0.4, 0.5) is 0 Å². The minimum atomic E-state index is -0.600. The average Bonchev–Trinajstić information content (AvgIpc) is 4.07. The molecule has 1 atom stereocenters. The van der Waals surface area contributed by atoms with Gasteiger partial charge in [-0.25, -0.2) is 0 Å². The number of hydrogen-bond donors (Lipinski definition) is 0. The van der Waals surface area contributed by atoms with Crippen LogP contribution in [0.2, 0.25) is 0 Å². The van der Waals surface area contributed by atoms with E-state index in [2.05, 4.69) is 203 Å². The van der Waals surface area contributed by atoms with Gasteiger partial charge in [-0.15, -0.1) is 0 Å². The van der Waals surface area contributed by atoms with E-state index in [9.17, 15) is 0 Å². The summed E-state index contributed by atoms with van der Waals surface area (Å²) in [5.74, 6) is 0. The summed E-state index contributed by atoms with van der Waals surface area (Å²) in [5, 5.41) is 7.15. The summed E-state index contributed by atoms with van der Waals surface area (Å²) >= 11 is 0. The maximum atomic E-state index is 6.85. The Balaban J connectivity index is 1.23. The Morgan fingerprint density at radius 1 is 0.362 bits per heavy atom. The van der Waals surface area contributed by atoms with E-state index in [1.807, 2.05) is 0 Å². The third kappa shape index (κ3) is 3.53. The highest BCUT2D eigenvalue weighted by Crippen LogP contribution is 2.66. The van der Waals surface area contributed by atoms with Crippen molar-refractivity contribution in [3.05, 3.63) is 216 Å². The average molecular weight is 737 g/mol. The van der Waals surface area contributed by atoms with Gasteiger partial charge < -0.3 is 13.6 Å². The molecule has 0 radical (unpaired) electrons. The van der Waals surface area contributed by atoms with Gasteiger partial charge in [-0.3, -0.25) is 0 Å². The molecule has 2 aliphatic rings. The fourth-order valence-corrected chi connectivity index (χ4v) is 11.2. The molecule has 0 saturated heterocycles. The minimum Gasteiger partial charge on any atom is -0.455 e. The van der Waals surface area contributed by atoms with Gasteiger partial charge in [0, 0.05) is 49.4 Å². The lowest BCUT2D eigenvalue weighted by molar-refractivity contribution is 0.673. The smallest absolute Gasteiger partial charge is 0.145 e. The first-order chi connectivity index (χ1) is 28.8. The van der Waals surface area contributed by atoms with Gasteiger partial charge >= 0.3 is 0 Å². The van der Waals surface area contributed by atoms with Gasteiger partial charge in [0.25, 0.3) is 0 Å². The number of aromatic nitrogens is 2. The van der Waals surface area contributed by atoms with Crippen molar-refractivity contribution < 1.29 is 4.42 Å². The van der Waals surface area contributed by atoms with E-state index in [4.69, 9.17) is 4.42 Å². The zero-order chi connectivity index (χ0) is 37.7. The van der Waals surface area contributed by atoms with Crippen LogP contribution in [0.3, 0.4) is 0 Å². The predicted molar refractivity (Wildman–Crippen MR) is 239 cm³/mol. The molecule has 0 bridgehead atoms. The van der Waals surface area contributed by atoms with Crippen LogP contribution in [0.25, 0.3) is 99.2 Å². The largest absolute Gasteiger partial charge is 0.455 e. The summed E-state index contributed by atoms with van der Waals surface area (Å²) in [5.41, 5.74) is 18.8. The fraction of sp³-hybridized carbons (Fsp3) is 0.0182. The Bertz CT molecular complexity index is 3730. The van der Waals surface area contributed by atoms with E-state index >= 15 is 0 Å². The second-order valence-corrected chi connectivity index (χ2v) is 15.9. The molecule has 0 aliphatic heterocycles. The predicted octanol–water partition coefficient (Wildman–Crippen LogP) is 14.1. The molecule has 1 spiro atoms. The highest BCUT2D eigenvalue weighted by atomic mass is 16.3. The lowest BCUT2D eigenvalue weighted by Gasteiger charge is -2.31. The van der Waals surface area contributed by atoms with E-state index in [0.717, 1.165) is 44.2 Å². The van der Waals surface area contributed by atoms with Gasteiger partial charge in [-0.2, -0.15) is 0 Å². The summed E-state index contributed by atoms with van der Waals surface area (Å²) in [4.78, 5) is 0. The maximum absolute atomic E-state index is 6.85. The number of fused-ring (bicyclic) bond motifs is 22. The molecule has 3 aromatic heterocycles. The van der Waals surface area contributed by atoms with Gasteiger partial charge in [-0.1, -0.05) is 146 Å². The number of para-hydroxylation sites is 4. The van der Waals surface area contributed by atoms with Crippen molar-refractivity contribution in [2.45, 2.75) is 5.41 Å². The van der Waals surface area contributed by atoms with Gasteiger partial charge in [0.15, 0.2) is 0 Å². The normalized spacial score (nSPS) is 15.3. The van der Waals surface area contributed by atoms with Crippen LogP contribution in [-0.4, -0.2) is 9.13 Å². The molecule has 0 fully saturated rings. The van der Waals surface area contributed by atoms with E-state index < -0.39 is 5.41 Å². The molecule has 0 saturated carbocycles. The van der Waals surface area contributed by atoms with Crippen molar-refractivity contribution in [2.24, 2.45) is 0 Å². The zero-order valence-electron chi connectivity index (χ0n) is 31.3. The van der Waals surface area contributed by atoms with Crippen LogP contribution in [0, 0.1) is 0 Å². The third-order valence-electron chi connectivity index (χ3n) is 13.3. The lowest BCUT2D eigenvalue weighted by Crippen LogP contribution is -2.26. The SMILES string of the molecule is c1ccc(-n2c3ccccc3c3ccc4c(c32)-c2ccccc2C42c3ccccc3-c3ccc4c5c6oc7ccccc7c6ccc5n(-c5ccccc5)c4c32)cc1. The van der Waals surface area contributed by atoms with Gasteiger partial charge in [0.2, 0.25) is 0 Å². The van der Waals surface area contributed by atoms with E-state index in [0.29, 0.717) is 0 Å². The summed E-state index contributed by atoms with van der Waals surface area (Å²) in [6.45, 7) is 0. The highest BCUT2D eigenvalue weighted by molar-refractivity contribution is 6.26. The lowest BCUT2D eigenvalue weighted by atomic mass is 9.70. The number of furan rings is 1. The van der Waals surface area contributed by atoms with Crippen molar-refractivity contribution in [1.82, 2.24) is 9.13 Å². The molecule has 9 aromatic carbocycles. The molecule has 3 nitrogen and oxygen atoms in total. The highest BCUT2D eigenvalue weighted by Gasteiger charge is 2.54. The van der Waals surface area contributed by atoms with E-state index in [-0.39, 0.29) is 0 Å². The second kappa shape index (κ2) is 10.8. The van der Waals surface area contributed by atoms with Crippen molar-refractivity contribution in [3.8, 4) is 33.6 Å². The maximum Gasteiger partial charge on any atom is 0.145 e. The molecule has 12 aromatic rings. The van der Waals surface area contributed by atoms with Gasteiger partial charge in [-0.05, 0) is 81.9 Å².